The van der Waals surface area contributed by atoms with Gasteiger partial charge in [0.15, 0.2) is 0 Å². The highest BCUT2D eigenvalue weighted by Gasteiger charge is 2.14. The molecule has 1 aromatic carbocycles. The SMILES string of the molecule is CC(=O)Nc1ccc(-c2ccco2)c(C(=O)O)c1. The summed E-state index contributed by atoms with van der Waals surface area (Å²) in [5.74, 6) is -0.854. The lowest BCUT2D eigenvalue weighted by Crippen LogP contribution is -2.07. The van der Waals surface area contributed by atoms with Crippen LogP contribution in [0.2, 0.25) is 0 Å². The molecule has 0 radical (unpaired) electrons. The van der Waals surface area contributed by atoms with Gasteiger partial charge in [0.25, 0.3) is 0 Å². The standard InChI is InChI=1S/C13H11NO4/c1-8(15)14-9-4-5-10(11(7-9)13(16)17)12-3-2-6-18-12/h2-7H,1H3,(H,14,15)(H,16,17). The van der Waals surface area contributed by atoms with Gasteiger partial charge in [-0.05, 0) is 30.3 Å². The zero-order valence-corrected chi connectivity index (χ0v) is 9.64. The van der Waals surface area contributed by atoms with Gasteiger partial charge in [0.05, 0.1) is 11.8 Å². The molecule has 0 aliphatic heterocycles. The summed E-state index contributed by atoms with van der Waals surface area (Å²) >= 11 is 0. The normalized spacial score (nSPS) is 10.1. The monoisotopic (exact) mass is 245 g/mol. The Labute approximate surface area is 103 Å². The number of amides is 1. The summed E-state index contributed by atoms with van der Waals surface area (Å²) in [6.45, 7) is 1.36. The Balaban J connectivity index is 2.48. The first-order valence-corrected chi connectivity index (χ1v) is 5.27. The summed E-state index contributed by atoms with van der Waals surface area (Å²) in [5, 5.41) is 11.7. The molecule has 2 aromatic rings. The van der Waals surface area contributed by atoms with E-state index in [-0.39, 0.29) is 11.5 Å². The van der Waals surface area contributed by atoms with Crippen LogP contribution in [-0.2, 0) is 4.79 Å². The summed E-state index contributed by atoms with van der Waals surface area (Å²) in [7, 11) is 0. The minimum Gasteiger partial charge on any atom is -0.478 e. The van der Waals surface area contributed by atoms with Crippen LogP contribution in [0.15, 0.2) is 41.0 Å². The summed E-state index contributed by atoms with van der Waals surface area (Å²) in [6, 6.07) is 8.00. The number of hydrogen-bond donors (Lipinski definition) is 2. The van der Waals surface area contributed by atoms with Crippen molar-refractivity contribution in [3.63, 3.8) is 0 Å². The zero-order chi connectivity index (χ0) is 13.1. The van der Waals surface area contributed by atoms with Crippen LogP contribution in [0.3, 0.4) is 0 Å². The Hall–Kier alpha value is -2.56. The average molecular weight is 245 g/mol. The number of hydrogen-bond acceptors (Lipinski definition) is 3. The third-order valence-corrected chi connectivity index (χ3v) is 2.36. The van der Waals surface area contributed by atoms with Crippen molar-refractivity contribution >= 4 is 17.6 Å². The summed E-state index contributed by atoms with van der Waals surface area (Å²) < 4.78 is 5.18. The zero-order valence-electron chi connectivity index (χ0n) is 9.64. The van der Waals surface area contributed by atoms with E-state index in [2.05, 4.69) is 5.32 Å². The third-order valence-electron chi connectivity index (χ3n) is 2.36. The number of furan rings is 1. The van der Waals surface area contributed by atoms with Crippen molar-refractivity contribution in [1.82, 2.24) is 0 Å². The first-order valence-electron chi connectivity index (χ1n) is 5.27. The lowest BCUT2D eigenvalue weighted by atomic mass is 10.0. The maximum Gasteiger partial charge on any atom is 0.336 e. The molecule has 0 spiro atoms. The van der Waals surface area contributed by atoms with Gasteiger partial charge in [0, 0.05) is 18.2 Å². The van der Waals surface area contributed by atoms with Gasteiger partial charge in [-0.3, -0.25) is 4.79 Å². The van der Waals surface area contributed by atoms with Crippen LogP contribution in [0.4, 0.5) is 5.69 Å². The fourth-order valence-electron chi connectivity index (χ4n) is 1.65. The number of carbonyl (C=O) groups excluding carboxylic acids is 1. The summed E-state index contributed by atoms with van der Waals surface area (Å²) in [5.41, 5.74) is 0.994. The minimum atomic E-state index is -1.08. The second-order valence-corrected chi connectivity index (χ2v) is 3.72. The van der Waals surface area contributed by atoms with E-state index < -0.39 is 5.97 Å². The highest BCUT2D eigenvalue weighted by Crippen LogP contribution is 2.27. The smallest absolute Gasteiger partial charge is 0.336 e. The molecule has 0 unspecified atom stereocenters. The number of carboxylic acid groups (broad SMARTS) is 1. The molecule has 1 heterocycles. The maximum absolute atomic E-state index is 11.2. The Morgan fingerprint density at radius 1 is 1.28 bits per heavy atom. The molecule has 0 bridgehead atoms. The Morgan fingerprint density at radius 3 is 2.61 bits per heavy atom. The molecule has 5 heteroatoms. The van der Waals surface area contributed by atoms with Crippen LogP contribution in [0, 0.1) is 0 Å². The molecule has 0 atom stereocenters. The fraction of sp³-hybridized carbons (Fsp3) is 0.0769. The predicted molar refractivity (Wildman–Crippen MR) is 65.4 cm³/mol. The number of carbonyl (C=O) groups is 2. The van der Waals surface area contributed by atoms with Crippen molar-refractivity contribution in [2.24, 2.45) is 0 Å². The van der Waals surface area contributed by atoms with Crippen LogP contribution < -0.4 is 5.32 Å². The van der Waals surface area contributed by atoms with E-state index in [0.29, 0.717) is 17.0 Å². The molecule has 92 valence electrons. The van der Waals surface area contributed by atoms with Gasteiger partial charge in [-0.2, -0.15) is 0 Å². The molecule has 0 aliphatic rings. The molecular weight excluding hydrogens is 234 g/mol. The molecule has 0 fully saturated rings. The van der Waals surface area contributed by atoms with Crippen molar-refractivity contribution in [2.75, 3.05) is 5.32 Å². The fourth-order valence-corrected chi connectivity index (χ4v) is 1.65. The highest BCUT2D eigenvalue weighted by molar-refractivity contribution is 5.98. The number of rotatable bonds is 3. The van der Waals surface area contributed by atoms with E-state index in [1.165, 1.54) is 19.3 Å². The van der Waals surface area contributed by atoms with Crippen molar-refractivity contribution in [2.45, 2.75) is 6.92 Å². The van der Waals surface area contributed by atoms with Crippen molar-refractivity contribution < 1.29 is 19.1 Å². The van der Waals surface area contributed by atoms with Crippen LogP contribution >= 0.6 is 0 Å². The van der Waals surface area contributed by atoms with Crippen LogP contribution in [-0.4, -0.2) is 17.0 Å². The van der Waals surface area contributed by atoms with E-state index >= 15 is 0 Å². The van der Waals surface area contributed by atoms with Crippen LogP contribution in [0.1, 0.15) is 17.3 Å². The molecule has 0 saturated heterocycles. The van der Waals surface area contributed by atoms with Gasteiger partial charge in [-0.1, -0.05) is 0 Å². The van der Waals surface area contributed by atoms with E-state index in [1.807, 2.05) is 0 Å². The average Bonchev–Trinajstić information content (AvgIpc) is 2.81. The predicted octanol–water partition coefficient (Wildman–Crippen LogP) is 2.60. The first kappa shape index (κ1) is 11.9. The largest absolute Gasteiger partial charge is 0.478 e. The second-order valence-electron chi connectivity index (χ2n) is 3.72. The minimum absolute atomic E-state index is 0.0798. The lowest BCUT2D eigenvalue weighted by molar-refractivity contribution is -0.114. The Bertz CT molecular complexity index is 587. The molecular formula is C13H11NO4. The van der Waals surface area contributed by atoms with Gasteiger partial charge in [0.2, 0.25) is 5.91 Å². The number of carboxylic acids is 1. The van der Waals surface area contributed by atoms with E-state index in [0.717, 1.165) is 0 Å². The quantitative estimate of drug-likeness (QED) is 0.871. The van der Waals surface area contributed by atoms with E-state index in [4.69, 9.17) is 9.52 Å². The molecule has 5 nitrogen and oxygen atoms in total. The maximum atomic E-state index is 11.2. The van der Waals surface area contributed by atoms with Gasteiger partial charge >= 0.3 is 5.97 Å². The molecule has 18 heavy (non-hydrogen) atoms. The van der Waals surface area contributed by atoms with Gasteiger partial charge in [-0.15, -0.1) is 0 Å². The number of nitrogens with one attached hydrogen (secondary N) is 1. The summed E-state index contributed by atoms with van der Waals surface area (Å²) in [6.07, 6.45) is 1.47. The van der Waals surface area contributed by atoms with Crippen molar-refractivity contribution in [3.05, 3.63) is 42.2 Å². The topological polar surface area (TPSA) is 79.5 Å². The number of anilines is 1. The molecule has 1 amide bonds. The molecule has 0 saturated carbocycles. The van der Waals surface area contributed by atoms with Gasteiger partial charge in [0.1, 0.15) is 5.76 Å². The van der Waals surface area contributed by atoms with Crippen LogP contribution in [0.25, 0.3) is 11.3 Å². The summed E-state index contributed by atoms with van der Waals surface area (Å²) in [4.78, 5) is 22.1. The Kier molecular flexibility index (Phi) is 3.14. The lowest BCUT2D eigenvalue weighted by Gasteiger charge is -2.07. The third kappa shape index (κ3) is 2.40. The molecule has 0 aliphatic carbocycles. The van der Waals surface area contributed by atoms with Crippen molar-refractivity contribution in [3.8, 4) is 11.3 Å². The first-order chi connectivity index (χ1) is 8.58. The van der Waals surface area contributed by atoms with Gasteiger partial charge < -0.3 is 14.8 Å². The van der Waals surface area contributed by atoms with Gasteiger partial charge in [-0.25, -0.2) is 4.79 Å². The number of benzene rings is 1. The van der Waals surface area contributed by atoms with Crippen molar-refractivity contribution in [1.29, 1.82) is 0 Å². The molecule has 2 rings (SSSR count). The number of aromatic carboxylic acids is 1. The van der Waals surface area contributed by atoms with Crippen LogP contribution in [0.5, 0.6) is 0 Å². The molecule has 1 aromatic heterocycles. The molecule has 2 N–H and O–H groups in total. The Morgan fingerprint density at radius 2 is 2.06 bits per heavy atom. The highest BCUT2D eigenvalue weighted by atomic mass is 16.4. The second kappa shape index (κ2) is 4.75. The van der Waals surface area contributed by atoms with E-state index in [1.54, 1.807) is 24.3 Å². The van der Waals surface area contributed by atoms with E-state index in [9.17, 15) is 9.59 Å².